The molecule has 1 unspecified atom stereocenters. The Labute approximate surface area is 168 Å². The van der Waals surface area contributed by atoms with Crippen molar-refractivity contribution < 1.29 is 9.59 Å². The lowest BCUT2D eigenvalue weighted by atomic mass is 9.89. The van der Waals surface area contributed by atoms with Crippen molar-refractivity contribution in [1.82, 2.24) is 9.57 Å². The predicted molar refractivity (Wildman–Crippen MR) is 115 cm³/mol. The van der Waals surface area contributed by atoms with Gasteiger partial charge >= 0.3 is 0 Å². The number of carbonyl (C=O) groups excluding carboxylic acids is 2. The minimum Gasteiger partial charge on any atom is -0.373 e. The number of nitrogens with zero attached hydrogens (tertiary/aromatic N) is 3. The standard InChI is InChI=1S/C22H26N3O2P/c1-23(14-15-25-21(26)18-7-2-3-8-19(18)22(25)27)20-9-5-4-6-17(20)16-10-12-24(28)13-11-16/h2-9,16H,10-15,28H2,1H3. The summed E-state index contributed by atoms with van der Waals surface area (Å²) in [6, 6.07) is 15.6. The third kappa shape index (κ3) is 3.57. The molecule has 28 heavy (non-hydrogen) atoms. The highest BCUT2D eigenvalue weighted by molar-refractivity contribution is 7.13. The highest BCUT2D eigenvalue weighted by Gasteiger charge is 2.35. The molecule has 0 saturated carbocycles. The number of rotatable bonds is 5. The molecule has 5 nitrogen and oxygen atoms in total. The van der Waals surface area contributed by atoms with Crippen LogP contribution in [0.15, 0.2) is 48.5 Å². The van der Waals surface area contributed by atoms with Crippen molar-refractivity contribution in [2.45, 2.75) is 18.8 Å². The van der Waals surface area contributed by atoms with E-state index >= 15 is 0 Å². The molecule has 6 heteroatoms. The monoisotopic (exact) mass is 395 g/mol. The van der Waals surface area contributed by atoms with Crippen LogP contribution in [0.25, 0.3) is 0 Å². The van der Waals surface area contributed by atoms with E-state index in [0.717, 1.165) is 25.9 Å². The number of benzene rings is 2. The van der Waals surface area contributed by atoms with Crippen LogP contribution in [0.4, 0.5) is 5.69 Å². The summed E-state index contributed by atoms with van der Waals surface area (Å²) in [6.45, 7) is 3.18. The molecule has 2 aromatic rings. The normalized spacial score (nSPS) is 17.9. The second-order valence-electron chi connectivity index (χ2n) is 7.60. The molecule has 2 amide bonds. The number of hydrogen-bond donors (Lipinski definition) is 0. The molecule has 146 valence electrons. The van der Waals surface area contributed by atoms with Gasteiger partial charge in [-0.05, 0) is 42.5 Å². The summed E-state index contributed by atoms with van der Waals surface area (Å²) in [5.74, 6) is 0.181. The molecule has 0 radical (unpaired) electrons. The van der Waals surface area contributed by atoms with Gasteiger partial charge in [-0.15, -0.1) is 0 Å². The van der Waals surface area contributed by atoms with Crippen molar-refractivity contribution in [2.24, 2.45) is 0 Å². The topological polar surface area (TPSA) is 43.9 Å². The van der Waals surface area contributed by atoms with Crippen LogP contribution in [0.1, 0.15) is 45.0 Å². The Kier molecular flexibility index (Phi) is 5.47. The van der Waals surface area contributed by atoms with Gasteiger partial charge in [0.1, 0.15) is 0 Å². The number of imide groups is 1. The summed E-state index contributed by atoms with van der Waals surface area (Å²) in [4.78, 5) is 28.7. The van der Waals surface area contributed by atoms with E-state index in [1.807, 2.05) is 7.05 Å². The van der Waals surface area contributed by atoms with Crippen molar-refractivity contribution in [3.63, 3.8) is 0 Å². The molecule has 0 aliphatic carbocycles. The first kappa shape index (κ1) is 19.1. The zero-order chi connectivity index (χ0) is 19.7. The highest BCUT2D eigenvalue weighted by atomic mass is 31.0. The van der Waals surface area contributed by atoms with Crippen molar-refractivity contribution in [2.75, 3.05) is 38.1 Å². The molecule has 1 saturated heterocycles. The van der Waals surface area contributed by atoms with Crippen LogP contribution in [-0.2, 0) is 0 Å². The lowest BCUT2D eigenvalue weighted by Crippen LogP contribution is -2.37. The molecule has 0 spiro atoms. The van der Waals surface area contributed by atoms with Crippen LogP contribution >= 0.6 is 9.39 Å². The molecule has 0 bridgehead atoms. The van der Waals surface area contributed by atoms with Gasteiger partial charge in [-0.2, -0.15) is 0 Å². The van der Waals surface area contributed by atoms with E-state index in [0.29, 0.717) is 30.1 Å². The molecule has 1 fully saturated rings. The van der Waals surface area contributed by atoms with Gasteiger partial charge in [0.15, 0.2) is 0 Å². The van der Waals surface area contributed by atoms with Crippen LogP contribution in [0, 0.1) is 0 Å². The second kappa shape index (κ2) is 8.02. The third-order valence-corrected chi connectivity index (χ3v) is 6.37. The SMILES string of the molecule is CN(CCN1C(=O)c2ccccc2C1=O)c1ccccc1C1CCN(P)CC1. The van der Waals surface area contributed by atoms with Gasteiger partial charge in [0.25, 0.3) is 11.8 Å². The Hall–Kier alpha value is -2.23. The van der Waals surface area contributed by atoms with Crippen LogP contribution < -0.4 is 4.90 Å². The molecular formula is C22H26N3O2P. The number of likely N-dealkylation sites (N-methyl/N-ethyl adjacent to an activating group) is 1. The molecule has 1 atom stereocenters. The highest BCUT2D eigenvalue weighted by Crippen LogP contribution is 2.35. The van der Waals surface area contributed by atoms with Gasteiger partial charge in [-0.3, -0.25) is 19.2 Å². The molecule has 2 aromatic carbocycles. The minimum atomic E-state index is -0.185. The molecule has 2 aliphatic heterocycles. The maximum absolute atomic E-state index is 12.6. The number of anilines is 1. The lowest BCUT2D eigenvalue weighted by Gasteiger charge is -2.32. The Morgan fingerprint density at radius 3 is 2.18 bits per heavy atom. The van der Waals surface area contributed by atoms with Crippen molar-refractivity contribution in [3.8, 4) is 0 Å². The van der Waals surface area contributed by atoms with Gasteiger partial charge in [0.2, 0.25) is 0 Å². The quantitative estimate of drug-likeness (QED) is 0.575. The van der Waals surface area contributed by atoms with E-state index in [4.69, 9.17) is 0 Å². The smallest absolute Gasteiger partial charge is 0.261 e. The average Bonchev–Trinajstić information content (AvgIpc) is 2.97. The van der Waals surface area contributed by atoms with Gasteiger partial charge in [0, 0.05) is 38.9 Å². The fourth-order valence-electron chi connectivity index (χ4n) is 4.20. The summed E-state index contributed by atoms with van der Waals surface area (Å²) in [5, 5.41) is 0. The number of fused-ring (bicyclic) bond motifs is 1. The Morgan fingerprint density at radius 1 is 0.964 bits per heavy atom. The van der Waals surface area contributed by atoms with Crippen LogP contribution in [0.5, 0.6) is 0 Å². The zero-order valence-electron chi connectivity index (χ0n) is 16.2. The fourth-order valence-corrected chi connectivity index (χ4v) is 4.50. The Bertz CT molecular complexity index is 858. The van der Waals surface area contributed by atoms with Crippen molar-refractivity contribution in [3.05, 3.63) is 65.2 Å². The van der Waals surface area contributed by atoms with E-state index in [9.17, 15) is 9.59 Å². The largest absolute Gasteiger partial charge is 0.373 e. The summed E-state index contributed by atoms with van der Waals surface area (Å²) in [6.07, 6.45) is 2.29. The van der Waals surface area contributed by atoms with Gasteiger partial charge < -0.3 is 4.90 Å². The van der Waals surface area contributed by atoms with Crippen molar-refractivity contribution >= 4 is 26.9 Å². The van der Waals surface area contributed by atoms with E-state index in [1.165, 1.54) is 16.2 Å². The molecule has 2 heterocycles. The van der Waals surface area contributed by atoms with Gasteiger partial charge in [-0.25, -0.2) is 0 Å². The number of para-hydroxylation sites is 1. The average molecular weight is 395 g/mol. The van der Waals surface area contributed by atoms with Gasteiger partial charge in [-0.1, -0.05) is 39.7 Å². The summed E-state index contributed by atoms with van der Waals surface area (Å²) in [7, 11) is 4.84. The van der Waals surface area contributed by atoms with E-state index in [1.54, 1.807) is 24.3 Å². The molecule has 4 rings (SSSR count). The third-order valence-electron chi connectivity index (χ3n) is 5.85. The first-order valence-electron chi connectivity index (χ1n) is 9.81. The number of piperidine rings is 1. The van der Waals surface area contributed by atoms with Crippen molar-refractivity contribution in [1.29, 1.82) is 0 Å². The van der Waals surface area contributed by atoms with E-state index in [2.05, 4.69) is 43.2 Å². The fraction of sp³-hybridized carbons (Fsp3) is 0.364. The maximum atomic E-state index is 12.6. The van der Waals surface area contributed by atoms with Gasteiger partial charge in [0.05, 0.1) is 11.1 Å². The number of carbonyl (C=O) groups is 2. The zero-order valence-corrected chi connectivity index (χ0v) is 17.3. The Morgan fingerprint density at radius 2 is 1.54 bits per heavy atom. The van der Waals surface area contributed by atoms with Crippen LogP contribution in [-0.4, -0.2) is 54.6 Å². The van der Waals surface area contributed by atoms with E-state index in [-0.39, 0.29) is 11.8 Å². The summed E-state index contributed by atoms with van der Waals surface area (Å²) in [5.41, 5.74) is 3.59. The summed E-state index contributed by atoms with van der Waals surface area (Å²) >= 11 is 0. The minimum absolute atomic E-state index is 0.185. The Balaban J connectivity index is 1.46. The molecule has 2 aliphatic rings. The van der Waals surface area contributed by atoms with Crippen LogP contribution in [0.3, 0.4) is 0 Å². The predicted octanol–water partition coefficient (Wildman–Crippen LogP) is 3.39. The molecule has 0 N–H and O–H groups in total. The maximum Gasteiger partial charge on any atom is 0.261 e. The first-order chi connectivity index (χ1) is 13.6. The lowest BCUT2D eigenvalue weighted by molar-refractivity contribution is 0.0658. The summed E-state index contributed by atoms with van der Waals surface area (Å²) < 4.78 is 2.30. The van der Waals surface area contributed by atoms with E-state index < -0.39 is 0 Å². The first-order valence-corrected chi connectivity index (χ1v) is 10.3. The molecule has 0 aromatic heterocycles. The van der Waals surface area contributed by atoms with Crippen LogP contribution in [0.2, 0.25) is 0 Å². The number of amides is 2. The second-order valence-corrected chi connectivity index (χ2v) is 8.33. The molecular weight excluding hydrogens is 369 g/mol. The number of hydrogen-bond acceptors (Lipinski definition) is 4.